The van der Waals surface area contributed by atoms with Crippen molar-refractivity contribution in [1.82, 2.24) is 0 Å². The topological polar surface area (TPSA) is 9.23 Å². The summed E-state index contributed by atoms with van der Waals surface area (Å²) in [5, 5.41) is 0. The molecule has 0 saturated heterocycles. The third-order valence-corrected chi connectivity index (χ3v) is 5.61. The lowest BCUT2D eigenvalue weighted by molar-refractivity contribution is 0.220. The monoisotopic (exact) mass is 318 g/mol. The van der Waals surface area contributed by atoms with E-state index in [2.05, 4.69) is 20.8 Å². The van der Waals surface area contributed by atoms with Crippen molar-refractivity contribution in [2.24, 2.45) is 5.41 Å². The van der Waals surface area contributed by atoms with Gasteiger partial charge in [-0.2, -0.15) is 0 Å². The summed E-state index contributed by atoms with van der Waals surface area (Å²) in [5.41, 5.74) is 0.634. The largest absolute Gasteiger partial charge is 0.494 e. The Morgan fingerprint density at radius 2 is 1.22 bits per heavy atom. The zero-order valence-electron chi connectivity index (χ0n) is 15.8. The van der Waals surface area contributed by atoms with Gasteiger partial charge >= 0.3 is 0 Å². The van der Waals surface area contributed by atoms with Crippen molar-refractivity contribution < 1.29 is 4.74 Å². The normalized spacial score (nSPS) is 11.6. The maximum absolute atomic E-state index is 5.73. The Morgan fingerprint density at radius 3 is 1.78 bits per heavy atom. The van der Waals surface area contributed by atoms with E-state index in [1.54, 1.807) is 0 Å². The summed E-state index contributed by atoms with van der Waals surface area (Å²) < 4.78 is 5.73. The predicted octanol–water partition coefficient (Wildman–Crippen LogP) is 7.40. The van der Waals surface area contributed by atoms with Crippen LogP contribution < -0.4 is 4.74 Å². The van der Waals surface area contributed by atoms with Crippen LogP contribution in [0.4, 0.5) is 0 Å². The molecule has 0 aliphatic carbocycles. The Bertz CT molecular complexity index is 359. The fourth-order valence-corrected chi connectivity index (χ4v) is 3.47. The van der Waals surface area contributed by atoms with Gasteiger partial charge in [-0.25, -0.2) is 0 Å². The van der Waals surface area contributed by atoms with Crippen molar-refractivity contribution in [2.45, 2.75) is 91.4 Å². The molecule has 1 aromatic carbocycles. The van der Waals surface area contributed by atoms with Gasteiger partial charge in [0.25, 0.3) is 0 Å². The van der Waals surface area contributed by atoms with E-state index < -0.39 is 0 Å². The van der Waals surface area contributed by atoms with Gasteiger partial charge in [0, 0.05) is 0 Å². The number of para-hydroxylation sites is 1. The van der Waals surface area contributed by atoms with Gasteiger partial charge in [0.2, 0.25) is 0 Å². The molecule has 0 aromatic heterocycles. The van der Waals surface area contributed by atoms with E-state index in [0.717, 1.165) is 12.4 Å². The van der Waals surface area contributed by atoms with Crippen molar-refractivity contribution in [1.29, 1.82) is 0 Å². The number of benzene rings is 1. The molecular formula is C22H38O. The van der Waals surface area contributed by atoms with Crippen LogP contribution in [-0.2, 0) is 0 Å². The highest BCUT2D eigenvalue weighted by atomic mass is 16.5. The van der Waals surface area contributed by atoms with Gasteiger partial charge in [-0.15, -0.1) is 0 Å². The first-order valence-electron chi connectivity index (χ1n) is 9.94. The fourth-order valence-electron chi connectivity index (χ4n) is 3.47. The van der Waals surface area contributed by atoms with E-state index >= 15 is 0 Å². The van der Waals surface area contributed by atoms with Crippen LogP contribution in [0, 0.1) is 5.41 Å². The summed E-state index contributed by atoms with van der Waals surface area (Å²) in [5.74, 6) is 0.999. The highest BCUT2D eigenvalue weighted by Crippen LogP contribution is 2.36. The molecule has 0 atom stereocenters. The average molecular weight is 319 g/mol. The first-order valence-corrected chi connectivity index (χ1v) is 9.94. The smallest absolute Gasteiger partial charge is 0.119 e. The minimum atomic E-state index is 0.634. The van der Waals surface area contributed by atoms with Crippen LogP contribution in [0.2, 0.25) is 0 Å². The van der Waals surface area contributed by atoms with Gasteiger partial charge in [0.1, 0.15) is 5.75 Å². The van der Waals surface area contributed by atoms with Crippen LogP contribution in [0.15, 0.2) is 30.3 Å². The lowest BCUT2D eigenvalue weighted by Gasteiger charge is -2.30. The van der Waals surface area contributed by atoms with Crippen LogP contribution in [-0.4, -0.2) is 6.61 Å². The molecule has 1 heteroatoms. The molecule has 0 unspecified atom stereocenters. The molecule has 0 aliphatic rings. The fraction of sp³-hybridized carbons (Fsp3) is 0.727. The maximum atomic E-state index is 5.73. The van der Waals surface area contributed by atoms with E-state index in [4.69, 9.17) is 4.74 Å². The van der Waals surface area contributed by atoms with Crippen molar-refractivity contribution in [3.63, 3.8) is 0 Å². The van der Waals surface area contributed by atoms with Crippen molar-refractivity contribution >= 4 is 0 Å². The van der Waals surface area contributed by atoms with Crippen LogP contribution in [0.1, 0.15) is 91.4 Å². The number of unbranched alkanes of at least 4 members (excludes halogenated alkanes) is 6. The van der Waals surface area contributed by atoms with E-state index in [1.165, 1.54) is 70.6 Å². The molecule has 0 radical (unpaired) electrons. The van der Waals surface area contributed by atoms with Gasteiger partial charge in [-0.1, -0.05) is 96.8 Å². The molecular weight excluding hydrogens is 280 g/mol. The Balaban J connectivity index is 1.92. The van der Waals surface area contributed by atoms with E-state index in [9.17, 15) is 0 Å². The van der Waals surface area contributed by atoms with E-state index in [-0.39, 0.29) is 0 Å². The van der Waals surface area contributed by atoms with Gasteiger partial charge in [-0.3, -0.25) is 0 Å². The summed E-state index contributed by atoms with van der Waals surface area (Å²) in [7, 11) is 0. The molecule has 1 nitrogen and oxygen atoms in total. The predicted molar refractivity (Wildman–Crippen MR) is 102 cm³/mol. The molecule has 0 bridgehead atoms. The summed E-state index contributed by atoms with van der Waals surface area (Å²) in [6, 6.07) is 10.1. The molecule has 0 saturated carbocycles. The van der Waals surface area contributed by atoms with Crippen LogP contribution >= 0.6 is 0 Å². The van der Waals surface area contributed by atoms with E-state index in [0.29, 0.717) is 5.41 Å². The molecule has 1 aromatic rings. The summed E-state index contributed by atoms with van der Waals surface area (Å²) in [4.78, 5) is 0. The zero-order valence-corrected chi connectivity index (χ0v) is 15.8. The molecule has 1 rings (SSSR count). The molecule has 0 fully saturated rings. The lowest BCUT2D eigenvalue weighted by Crippen LogP contribution is -2.17. The highest BCUT2D eigenvalue weighted by molar-refractivity contribution is 5.20. The lowest BCUT2D eigenvalue weighted by atomic mass is 9.75. The summed E-state index contributed by atoms with van der Waals surface area (Å²) in [6.07, 6.45) is 15.0. The Morgan fingerprint density at radius 1 is 0.696 bits per heavy atom. The Kier molecular flexibility index (Phi) is 10.9. The van der Waals surface area contributed by atoms with E-state index in [1.807, 2.05) is 30.3 Å². The molecule has 0 heterocycles. The number of hydrogen-bond acceptors (Lipinski definition) is 1. The SMILES string of the molecule is CCC(CC)(CC)CCCCCCCCCOc1ccccc1. The second-order valence-electron chi connectivity index (χ2n) is 6.95. The minimum Gasteiger partial charge on any atom is -0.494 e. The molecule has 23 heavy (non-hydrogen) atoms. The van der Waals surface area contributed by atoms with Crippen LogP contribution in [0.25, 0.3) is 0 Å². The summed E-state index contributed by atoms with van der Waals surface area (Å²) >= 11 is 0. The first kappa shape index (κ1) is 20.1. The average Bonchev–Trinajstić information content (AvgIpc) is 2.61. The number of rotatable bonds is 14. The molecule has 0 aliphatic heterocycles. The molecule has 0 amide bonds. The minimum absolute atomic E-state index is 0.634. The first-order chi connectivity index (χ1) is 11.3. The quantitative estimate of drug-likeness (QED) is 0.325. The number of ether oxygens (including phenoxy) is 1. The maximum Gasteiger partial charge on any atom is 0.119 e. The molecule has 0 spiro atoms. The van der Waals surface area contributed by atoms with Crippen LogP contribution in [0.5, 0.6) is 5.75 Å². The molecule has 0 N–H and O–H groups in total. The van der Waals surface area contributed by atoms with Crippen molar-refractivity contribution in [3.8, 4) is 5.75 Å². The van der Waals surface area contributed by atoms with Gasteiger partial charge in [-0.05, 0) is 30.4 Å². The van der Waals surface area contributed by atoms with Gasteiger partial charge < -0.3 is 4.74 Å². The second kappa shape index (κ2) is 12.4. The standard InChI is InChI=1S/C22H38O/c1-4-22(5-2,6-3)19-15-10-8-7-9-11-16-20-23-21-17-13-12-14-18-21/h12-14,17-18H,4-11,15-16,19-20H2,1-3H3. The van der Waals surface area contributed by atoms with Crippen molar-refractivity contribution in [2.75, 3.05) is 6.61 Å². The summed E-state index contributed by atoms with van der Waals surface area (Å²) in [6.45, 7) is 7.95. The highest BCUT2D eigenvalue weighted by Gasteiger charge is 2.22. The third kappa shape index (κ3) is 8.44. The van der Waals surface area contributed by atoms with Gasteiger partial charge in [0.05, 0.1) is 6.61 Å². The molecule has 132 valence electrons. The zero-order chi connectivity index (χ0) is 16.8. The number of hydrogen-bond donors (Lipinski definition) is 0. The van der Waals surface area contributed by atoms with Crippen LogP contribution in [0.3, 0.4) is 0 Å². The van der Waals surface area contributed by atoms with Gasteiger partial charge in [0.15, 0.2) is 0 Å². The Hall–Kier alpha value is -0.980. The third-order valence-electron chi connectivity index (χ3n) is 5.61. The van der Waals surface area contributed by atoms with Crippen molar-refractivity contribution in [3.05, 3.63) is 30.3 Å². The second-order valence-corrected chi connectivity index (χ2v) is 6.95. The Labute approximate surface area is 144 Å².